The van der Waals surface area contributed by atoms with Crippen LogP contribution in [0.15, 0.2) is 24.5 Å². The molecular formula is C15H22N4O2. The zero-order chi connectivity index (χ0) is 15.1. The van der Waals surface area contributed by atoms with Crippen molar-refractivity contribution in [1.29, 1.82) is 0 Å². The smallest absolute Gasteiger partial charge is 0.315 e. The van der Waals surface area contributed by atoms with Crippen LogP contribution in [0.4, 0.5) is 10.5 Å². The lowest BCUT2D eigenvalue weighted by Crippen LogP contribution is -2.46. The Bertz CT molecular complexity index is 478. The first kappa shape index (κ1) is 15.3. The molecule has 1 saturated carbocycles. The summed E-state index contributed by atoms with van der Waals surface area (Å²) in [6.45, 7) is 2.15. The Kier molecular flexibility index (Phi) is 5.54. The van der Waals surface area contributed by atoms with Gasteiger partial charge in [0.1, 0.15) is 0 Å². The van der Waals surface area contributed by atoms with E-state index >= 15 is 0 Å². The molecule has 1 heterocycles. The van der Waals surface area contributed by atoms with Gasteiger partial charge in [-0.25, -0.2) is 4.79 Å². The Morgan fingerprint density at radius 1 is 1.38 bits per heavy atom. The number of amides is 3. The van der Waals surface area contributed by atoms with Crippen molar-refractivity contribution in [3.63, 3.8) is 0 Å². The molecule has 6 heteroatoms. The van der Waals surface area contributed by atoms with Crippen molar-refractivity contribution in [3.05, 3.63) is 24.5 Å². The van der Waals surface area contributed by atoms with E-state index in [1.165, 1.54) is 6.42 Å². The van der Waals surface area contributed by atoms with Crippen molar-refractivity contribution in [2.45, 2.75) is 38.6 Å². The molecule has 2 rings (SSSR count). The molecule has 6 nitrogen and oxygen atoms in total. The lowest BCUT2D eigenvalue weighted by molar-refractivity contribution is -0.115. The summed E-state index contributed by atoms with van der Waals surface area (Å²) in [5.74, 6) is 0.382. The van der Waals surface area contributed by atoms with Gasteiger partial charge in [0.05, 0.1) is 18.4 Å². The Hall–Kier alpha value is -2.11. The molecule has 0 aliphatic heterocycles. The summed E-state index contributed by atoms with van der Waals surface area (Å²) in [5, 5.41) is 8.17. The van der Waals surface area contributed by atoms with Gasteiger partial charge in [0.15, 0.2) is 0 Å². The molecule has 0 radical (unpaired) electrons. The third-order valence-corrected chi connectivity index (χ3v) is 3.63. The van der Waals surface area contributed by atoms with Gasteiger partial charge < -0.3 is 16.0 Å². The fourth-order valence-electron chi connectivity index (χ4n) is 2.60. The van der Waals surface area contributed by atoms with E-state index in [0.717, 1.165) is 19.3 Å². The average molecular weight is 290 g/mol. The highest BCUT2D eigenvalue weighted by atomic mass is 16.2. The van der Waals surface area contributed by atoms with E-state index in [1.54, 1.807) is 24.5 Å². The average Bonchev–Trinajstić information content (AvgIpc) is 2.46. The van der Waals surface area contributed by atoms with Gasteiger partial charge in [0.2, 0.25) is 5.91 Å². The Morgan fingerprint density at radius 2 is 2.24 bits per heavy atom. The summed E-state index contributed by atoms with van der Waals surface area (Å²) in [6.07, 6.45) is 7.59. The molecule has 21 heavy (non-hydrogen) atoms. The van der Waals surface area contributed by atoms with Crippen LogP contribution in [0.2, 0.25) is 0 Å². The second-order valence-electron chi connectivity index (χ2n) is 5.59. The number of aromatic nitrogens is 1. The van der Waals surface area contributed by atoms with Crippen LogP contribution in [0.25, 0.3) is 0 Å². The van der Waals surface area contributed by atoms with Gasteiger partial charge in [0.25, 0.3) is 0 Å². The molecule has 1 aliphatic rings. The molecule has 0 unspecified atom stereocenters. The van der Waals surface area contributed by atoms with Crippen LogP contribution in [-0.2, 0) is 4.79 Å². The summed E-state index contributed by atoms with van der Waals surface area (Å²) in [4.78, 5) is 27.3. The lowest BCUT2D eigenvalue weighted by Gasteiger charge is -2.27. The number of carbonyl (C=O) groups excluding carboxylic acids is 2. The predicted octanol–water partition coefficient (Wildman–Crippen LogP) is 1.90. The minimum absolute atomic E-state index is 0.0526. The van der Waals surface area contributed by atoms with E-state index in [-0.39, 0.29) is 24.5 Å². The van der Waals surface area contributed by atoms with Crippen molar-refractivity contribution in [2.24, 2.45) is 5.92 Å². The number of nitrogens with zero attached hydrogens (tertiary/aromatic N) is 1. The highest BCUT2D eigenvalue weighted by Crippen LogP contribution is 2.23. The molecule has 0 spiro atoms. The van der Waals surface area contributed by atoms with Gasteiger partial charge in [0, 0.05) is 12.2 Å². The summed E-state index contributed by atoms with van der Waals surface area (Å²) in [6, 6.07) is 3.42. The minimum Gasteiger partial charge on any atom is -0.335 e. The van der Waals surface area contributed by atoms with Crippen molar-refractivity contribution >= 4 is 17.6 Å². The fourth-order valence-corrected chi connectivity index (χ4v) is 2.60. The normalized spacial score (nSPS) is 21.4. The van der Waals surface area contributed by atoms with Crippen molar-refractivity contribution in [3.8, 4) is 0 Å². The molecule has 114 valence electrons. The summed E-state index contributed by atoms with van der Waals surface area (Å²) < 4.78 is 0. The molecule has 1 aromatic heterocycles. The number of urea groups is 1. The molecule has 2 atom stereocenters. The number of hydrogen-bond acceptors (Lipinski definition) is 3. The van der Waals surface area contributed by atoms with E-state index in [1.807, 2.05) is 0 Å². The van der Waals surface area contributed by atoms with Gasteiger partial charge in [-0.2, -0.15) is 0 Å². The van der Waals surface area contributed by atoms with Crippen LogP contribution < -0.4 is 16.0 Å². The maximum atomic E-state index is 11.8. The SMILES string of the molecule is C[C@H]1CCC[C@@H](NC(=O)NCC(=O)Nc2cccnc2)C1. The number of anilines is 1. The highest BCUT2D eigenvalue weighted by molar-refractivity contribution is 5.94. The number of nitrogens with one attached hydrogen (secondary N) is 3. The second-order valence-corrected chi connectivity index (χ2v) is 5.59. The topological polar surface area (TPSA) is 83.1 Å². The van der Waals surface area contributed by atoms with Gasteiger partial charge >= 0.3 is 6.03 Å². The van der Waals surface area contributed by atoms with E-state index in [4.69, 9.17) is 0 Å². The molecule has 0 bridgehead atoms. The molecular weight excluding hydrogens is 268 g/mol. The zero-order valence-corrected chi connectivity index (χ0v) is 12.3. The minimum atomic E-state index is -0.282. The Labute approximate surface area is 124 Å². The molecule has 1 fully saturated rings. The van der Waals surface area contributed by atoms with Crippen molar-refractivity contribution < 1.29 is 9.59 Å². The fraction of sp³-hybridized carbons (Fsp3) is 0.533. The third kappa shape index (κ3) is 5.41. The Morgan fingerprint density at radius 3 is 2.95 bits per heavy atom. The van der Waals surface area contributed by atoms with Crippen LogP contribution in [0, 0.1) is 5.92 Å². The molecule has 3 N–H and O–H groups in total. The maximum absolute atomic E-state index is 11.8. The number of hydrogen-bond donors (Lipinski definition) is 3. The lowest BCUT2D eigenvalue weighted by atomic mass is 9.87. The van der Waals surface area contributed by atoms with Crippen molar-refractivity contribution in [2.75, 3.05) is 11.9 Å². The van der Waals surface area contributed by atoms with Crippen LogP contribution in [-0.4, -0.2) is 29.5 Å². The van der Waals surface area contributed by atoms with E-state index in [2.05, 4.69) is 27.9 Å². The second kappa shape index (κ2) is 7.61. The molecule has 0 aromatic carbocycles. The van der Waals surface area contributed by atoms with Gasteiger partial charge in [-0.1, -0.05) is 19.8 Å². The maximum Gasteiger partial charge on any atom is 0.315 e. The van der Waals surface area contributed by atoms with Crippen LogP contribution in [0.3, 0.4) is 0 Å². The number of carbonyl (C=O) groups is 2. The monoisotopic (exact) mass is 290 g/mol. The van der Waals surface area contributed by atoms with E-state index < -0.39 is 0 Å². The van der Waals surface area contributed by atoms with Gasteiger partial charge in [-0.05, 0) is 30.9 Å². The van der Waals surface area contributed by atoms with Crippen LogP contribution in [0.5, 0.6) is 0 Å². The molecule has 1 aromatic rings. The van der Waals surface area contributed by atoms with Crippen LogP contribution >= 0.6 is 0 Å². The molecule has 3 amide bonds. The summed E-state index contributed by atoms with van der Waals surface area (Å²) in [7, 11) is 0. The third-order valence-electron chi connectivity index (χ3n) is 3.63. The van der Waals surface area contributed by atoms with Gasteiger partial charge in [-0.3, -0.25) is 9.78 Å². The molecule has 0 saturated heterocycles. The van der Waals surface area contributed by atoms with Crippen molar-refractivity contribution in [1.82, 2.24) is 15.6 Å². The summed E-state index contributed by atoms with van der Waals surface area (Å²) >= 11 is 0. The Balaban J connectivity index is 1.67. The zero-order valence-electron chi connectivity index (χ0n) is 12.3. The number of pyridine rings is 1. The largest absolute Gasteiger partial charge is 0.335 e. The van der Waals surface area contributed by atoms with Gasteiger partial charge in [-0.15, -0.1) is 0 Å². The summed E-state index contributed by atoms with van der Waals surface area (Å²) in [5.41, 5.74) is 0.616. The van der Waals surface area contributed by atoms with E-state index in [9.17, 15) is 9.59 Å². The van der Waals surface area contributed by atoms with E-state index in [0.29, 0.717) is 11.6 Å². The predicted molar refractivity (Wildman–Crippen MR) is 80.8 cm³/mol. The molecule has 1 aliphatic carbocycles. The highest BCUT2D eigenvalue weighted by Gasteiger charge is 2.20. The first-order valence-electron chi connectivity index (χ1n) is 7.37. The quantitative estimate of drug-likeness (QED) is 0.792. The van der Waals surface area contributed by atoms with Crippen LogP contribution in [0.1, 0.15) is 32.6 Å². The first-order chi connectivity index (χ1) is 10.1. The number of rotatable bonds is 4. The standard InChI is InChI=1S/C15H22N4O2/c1-11-4-2-5-12(8-11)19-15(21)17-10-14(20)18-13-6-3-7-16-9-13/h3,6-7,9,11-12H,2,4-5,8,10H2,1H3,(H,18,20)(H2,17,19,21)/t11-,12+/m0/s1. The first-order valence-corrected chi connectivity index (χ1v) is 7.37.